The number of aryl methyl sites for hydroxylation is 2. The summed E-state index contributed by atoms with van der Waals surface area (Å²) < 4.78 is 6.88. The van der Waals surface area contributed by atoms with Crippen molar-refractivity contribution in [3.63, 3.8) is 0 Å². The Labute approximate surface area is 194 Å². The number of hydrogen-bond donors (Lipinski definition) is 2. The normalized spacial score (nSPS) is 11.1. The van der Waals surface area contributed by atoms with Crippen molar-refractivity contribution < 1.29 is 9.21 Å². The van der Waals surface area contributed by atoms with E-state index in [4.69, 9.17) is 21.6 Å². The Morgan fingerprint density at radius 3 is 2.62 bits per heavy atom. The summed E-state index contributed by atoms with van der Waals surface area (Å²) in [6.45, 7) is 3.85. The SMILES string of the molecule is Cc1ccc(-c2nc3ccccc3s2)cc1NC(=S)NC(=O)c1oc2ccccc2c1C. The monoisotopic (exact) mass is 457 g/mol. The summed E-state index contributed by atoms with van der Waals surface area (Å²) in [5, 5.41) is 7.92. The summed E-state index contributed by atoms with van der Waals surface area (Å²) in [4.78, 5) is 17.5. The number of thiocarbonyl (C=S) groups is 1. The van der Waals surface area contributed by atoms with E-state index in [1.807, 2.05) is 74.5 Å². The van der Waals surface area contributed by atoms with Crippen molar-refractivity contribution in [1.82, 2.24) is 10.3 Å². The number of para-hydroxylation sites is 2. The predicted octanol–water partition coefficient (Wildman–Crippen LogP) is 6.45. The number of amides is 1. The molecule has 0 unspecified atom stereocenters. The number of rotatable bonds is 3. The molecule has 158 valence electrons. The second-order valence-corrected chi connectivity index (χ2v) is 8.92. The first-order valence-corrected chi connectivity index (χ1v) is 11.3. The van der Waals surface area contributed by atoms with Crippen LogP contribution in [0.4, 0.5) is 5.69 Å². The van der Waals surface area contributed by atoms with E-state index in [9.17, 15) is 4.79 Å². The van der Waals surface area contributed by atoms with Crippen LogP contribution in [0, 0.1) is 13.8 Å². The maximum atomic E-state index is 12.8. The van der Waals surface area contributed by atoms with Crippen molar-refractivity contribution in [3.8, 4) is 10.6 Å². The maximum absolute atomic E-state index is 12.8. The zero-order valence-electron chi connectivity index (χ0n) is 17.4. The molecule has 0 saturated heterocycles. The molecule has 0 bridgehead atoms. The van der Waals surface area contributed by atoms with Crippen LogP contribution in [0.2, 0.25) is 0 Å². The molecule has 32 heavy (non-hydrogen) atoms. The number of nitrogens with zero attached hydrogens (tertiary/aromatic N) is 1. The summed E-state index contributed by atoms with van der Waals surface area (Å²) in [5.41, 5.74) is 5.25. The van der Waals surface area contributed by atoms with E-state index < -0.39 is 0 Å². The van der Waals surface area contributed by atoms with Crippen LogP contribution in [0.15, 0.2) is 71.1 Å². The van der Waals surface area contributed by atoms with Crippen LogP contribution in [0.5, 0.6) is 0 Å². The smallest absolute Gasteiger partial charge is 0.293 e. The van der Waals surface area contributed by atoms with Gasteiger partial charge in [0.15, 0.2) is 10.9 Å². The van der Waals surface area contributed by atoms with Crippen molar-refractivity contribution >= 4 is 61.4 Å². The van der Waals surface area contributed by atoms with Gasteiger partial charge in [-0.2, -0.15) is 0 Å². The summed E-state index contributed by atoms with van der Waals surface area (Å²) in [5.74, 6) is -0.119. The lowest BCUT2D eigenvalue weighted by molar-refractivity contribution is 0.0952. The molecule has 2 heterocycles. The van der Waals surface area contributed by atoms with Crippen LogP contribution in [-0.4, -0.2) is 16.0 Å². The molecule has 7 heteroatoms. The highest BCUT2D eigenvalue weighted by molar-refractivity contribution is 7.80. The molecule has 0 fully saturated rings. The standard InChI is InChI=1S/C25H19N3O2S2/c1-14-11-12-16(24-26-18-8-4-6-10-21(18)32-24)13-19(14)27-25(31)28-23(29)22-15(2)17-7-3-5-9-20(17)30-22/h3-13H,1-2H3,(H2,27,28,29,31). The van der Waals surface area contributed by atoms with Crippen molar-refractivity contribution in [2.24, 2.45) is 0 Å². The topological polar surface area (TPSA) is 67.2 Å². The lowest BCUT2D eigenvalue weighted by atomic mass is 10.1. The van der Waals surface area contributed by atoms with Crippen LogP contribution < -0.4 is 10.6 Å². The van der Waals surface area contributed by atoms with E-state index in [2.05, 4.69) is 16.7 Å². The molecule has 2 N–H and O–H groups in total. The Balaban J connectivity index is 1.36. The Bertz CT molecular complexity index is 1470. The molecule has 0 atom stereocenters. The van der Waals surface area contributed by atoms with Gasteiger partial charge in [-0.05, 0) is 55.9 Å². The van der Waals surface area contributed by atoms with E-state index >= 15 is 0 Å². The zero-order valence-corrected chi connectivity index (χ0v) is 19.1. The Morgan fingerprint density at radius 1 is 1.03 bits per heavy atom. The van der Waals surface area contributed by atoms with E-state index in [0.29, 0.717) is 5.58 Å². The second kappa shape index (κ2) is 8.18. The first kappa shape index (κ1) is 20.4. The Hall–Kier alpha value is -3.55. The van der Waals surface area contributed by atoms with Gasteiger partial charge in [-0.3, -0.25) is 10.1 Å². The van der Waals surface area contributed by atoms with Crippen LogP contribution in [-0.2, 0) is 0 Å². The van der Waals surface area contributed by atoms with E-state index in [-0.39, 0.29) is 16.8 Å². The molecule has 5 aromatic rings. The molecule has 1 amide bonds. The first-order chi connectivity index (χ1) is 15.5. The van der Waals surface area contributed by atoms with Crippen LogP contribution in [0.3, 0.4) is 0 Å². The van der Waals surface area contributed by atoms with Crippen molar-refractivity contribution in [3.05, 3.63) is 83.6 Å². The summed E-state index contributed by atoms with van der Waals surface area (Å²) in [7, 11) is 0. The van der Waals surface area contributed by atoms with E-state index in [0.717, 1.165) is 43.0 Å². The minimum Gasteiger partial charge on any atom is -0.451 e. The molecule has 0 saturated carbocycles. The van der Waals surface area contributed by atoms with E-state index in [1.165, 1.54) is 0 Å². The Kier molecular flexibility index (Phi) is 5.20. The van der Waals surface area contributed by atoms with Gasteiger partial charge >= 0.3 is 0 Å². The van der Waals surface area contributed by atoms with Gasteiger partial charge in [0.2, 0.25) is 0 Å². The van der Waals surface area contributed by atoms with Gasteiger partial charge in [0.25, 0.3) is 5.91 Å². The minimum atomic E-state index is -0.379. The number of nitrogens with one attached hydrogen (secondary N) is 2. The summed E-state index contributed by atoms with van der Waals surface area (Å²) in [6, 6.07) is 21.7. The first-order valence-electron chi connectivity index (χ1n) is 10.1. The molecular weight excluding hydrogens is 438 g/mol. The third-order valence-corrected chi connectivity index (χ3v) is 6.59. The van der Waals surface area contributed by atoms with Gasteiger partial charge in [0.1, 0.15) is 10.6 Å². The average Bonchev–Trinajstić information content (AvgIpc) is 3.37. The predicted molar refractivity (Wildman–Crippen MR) is 134 cm³/mol. The average molecular weight is 458 g/mol. The van der Waals surface area contributed by atoms with Gasteiger partial charge in [0, 0.05) is 22.2 Å². The molecule has 0 spiro atoms. The second-order valence-electron chi connectivity index (χ2n) is 7.48. The summed E-state index contributed by atoms with van der Waals surface area (Å²) >= 11 is 7.05. The van der Waals surface area contributed by atoms with Crippen LogP contribution in [0.25, 0.3) is 31.8 Å². The van der Waals surface area contributed by atoms with Gasteiger partial charge in [0.05, 0.1) is 10.2 Å². The molecule has 3 aromatic carbocycles. The highest BCUT2D eigenvalue weighted by Crippen LogP contribution is 2.32. The molecule has 0 aliphatic carbocycles. The quantitative estimate of drug-likeness (QED) is 0.305. The third-order valence-electron chi connectivity index (χ3n) is 5.30. The molecule has 0 aliphatic rings. The molecule has 0 radical (unpaired) electrons. The molecule has 2 aromatic heterocycles. The number of aromatic nitrogens is 1. The van der Waals surface area contributed by atoms with Crippen molar-refractivity contribution in [1.29, 1.82) is 0 Å². The Morgan fingerprint density at radius 2 is 1.81 bits per heavy atom. The number of carbonyl (C=O) groups is 1. The number of thiazole rings is 1. The molecule has 5 nitrogen and oxygen atoms in total. The fraction of sp³-hybridized carbons (Fsp3) is 0.0800. The van der Waals surface area contributed by atoms with E-state index in [1.54, 1.807) is 11.3 Å². The van der Waals surface area contributed by atoms with Crippen LogP contribution in [0.1, 0.15) is 21.7 Å². The number of benzene rings is 3. The van der Waals surface area contributed by atoms with Crippen molar-refractivity contribution in [2.45, 2.75) is 13.8 Å². The lowest BCUT2D eigenvalue weighted by Crippen LogP contribution is -2.34. The lowest BCUT2D eigenvalue weighted by Gasteiger charge is -2.12. The van der Waals surface area contributed by atoms with Gasteiger partial charge in [-0.1, -0.05) is 42.5 Å². The largest absolute Gasteiger partial charge is 0.451 e. The fourth-order valence-electron chi connectivity index (χ4n) is 3.59. The number of hydrogen-bond acceptors (Lipinski definition) is 5. The molecular formula is C25H19N3O2S2. The maximum Gasteiger partial charge on any atom is 0.293 e. The third kappa shape index (κ3) is 3.77. The minimum absolute atomic E-state index is 0.208. The number of anilines is 1. The summed E-state index contributed by atoms with van der Waals surface area (Å²) in [6.07, 6.45) is 0. The van der Waals surface area contributed by atoms with Gasteiger partial charge < -0.3 is 9.73 Å². The number of fused-ring (bicyclic) bond motifs is 2. The number of carbonyl (C=O) groups excluding carboxylic acids is 1. The highest BCUT2D eigenvalue weighted by atomic mass is 32.1. The van der Waals surface area contributed by atoms with Gasteiger partial charge in [-0.25, -0.2) is 4.98 Å². The van der Waals surface area contributed by atoms with Crippen molar-refractivity contribution in [2.75, 3.05) is 5.32 Å². The molecule has 0 aliphatic heterocycles. The molecule has 5 rings (SSSR count). The van der Waals surface area contributed by atoms with Gasteiger partial charge in [-0.15, -0.1) is 11.3 Å². The zero-order chi connectivity index (χ0) is 22.2. The number of furan rings is 1. The highest BCUT2D eigenvalue weighted by Gasteiger charge is 2.18. The van der Waals surface area contributed by atoms with Crippen LogP contribution >= 0.6 is 23.6 Å². The fourth-order valence-corrected chi connectivity index (χ4v) is 4.75.